The molecule has 0 aliphatic carbocycles. The third-order valence-electron chi connectivity index (χ3n) is 3.34. The molecule has 0 spiro atoms. The van der Waals surface area contributed by atoms with Gasteiger partial charge in [0.2, 0.25) is 16.0 Å². The summed E-state index contributed by atoms with van der Waals surface area (Å²) >= 11 is 1.51. The van der Waals surface area contributed by atoms with Crippen LogP contribution in [0.2, 0.25) is 0 Å². The van der Waals surface area contributed by atoms with Gasteiger partial charge in [0.15, 0.2) is 5.13 Å². The van der Waals surface area contributed by atoms with Gasteiger partial charge in [-0.05, 0) is 37.3 Å². The number of primary sulfonamides is 1. The summed E-state index contributed by atoms with van der Waals surface area (Å²) in [5, 5.41) is 12.0. The van der Waals surface area contributed by atoms with Gasteiger partial charge in [0.05, 0.1) is 21.2 Å². The van der Waals surface area contributed by atoms with Crippen molar-refractivity contribution in [3.8, 4) is 10.6 Å². The molecular weight excluding hydrogens is 360 g/mol. The van der Waals surface area contributed by atoms with Gasteiger partial charge in [0, 0.05) is 18.9 Å². The second kappa shape index (κ2) is 6.75. The normalized spacial score (nSPS) is 11.3. The molecule has 3 rings (SSSR count). The zero-order valence-corrected chi connectivity index (χ0v) is 15.1. The van der Waals surface area contributed by atoms with Crippen LogP contribution in [-0.2, 0) is 10.0 Å². The minimum absolute atomic E-state index is 0.0487. The van der Waals surface area contributed by atoms with Crippen LogP contribution in [0.5, 0.6) is 0 Å². The summed E-state index contributed by atoms with van der Waals surface area (Å²) < 4.78 is 22.6. The molecule has 10 heteroatoms. The van der Waals surface area contributed by atoms with Crippen molar-refractivity contribution in [3.05, 3.63) is 42.2 Å². The van der Waals surface area contributed by atoms with Gasteiger partial charge in [-0.2, -0.15) is 0 Å². The fourth-order valence-corrected chi connectivity index (χ4v) is 3.55. The number of anilines is 3. The van der Waals surface area contributed by atoms with Crippen LogP contribution in [0.25, 0.3) is 10.6 Å². The summed E-state index contributed by atoms with van der Waals surface area (Å²) in [6, 6.07) is 7.87. The molecule has 130 valence electrons. The highest BCUT2D eigenvalue weighted by Gasteiger charge is 2.12. The Hall–Kier alpha value is -2.56. The quantitative estimate of drug-likeness (QED) is 0.624. The predicted octanol–water partition coefficient (Wildman–Crippen LogP) is 2.34. The molecule has 4 N–H and O–H groups in total. The predicted molar refractivity (Wildman–Crippen MR) is 98.5 cm³/mol. The van der Waals surface area contributed by atoms with E-state index in [1.807, 2.05) is 20.0 Å². The zero-order chi connectivity index (χ0) is 18.0. The first-order valence-corrected chi connectivity index (χ1v) is 9.61. The Morgan fingerprint density at radius 3 is 2.44 bits per heavy atom. The van der Waals surface area contributed by atoms with E-state index in [1.165, 1.54) is 23.5 Å². The maximum atomic E-state index is 11.3. The Morgan fingerprint density at radius 2 is 1.84 bits per heavy atom. The number of aryl methyl sites for hydroxylation is 1. The molecule has 2 aromatic heterocycles. The summed E-state index contributed by atoms with van der Waals surface area (Å²) in [5.41, 5.74) is 2.30. The lowest BCUT2D eigenvalue weighted by atomic mass is 10.3. The van der Waals surface area contributed by atoms with Gasteiger partial charge < -0.3 is 10.6 Å². The highest BCUT2D eigenvalue weighted by atomic mass is 32.2. The van der Waals surface area contributed by atoms with E-state index < -0.39 is 10.0 Å². The van der Waals surface area contributed by atoms with E-state index in [1.54, 1.807) is 18.3 Å². The number of nitrogens with one attached hydrogen (secondary N) is 2. The van der Waals surface area contributed by atoms with E-state index in [2.05, 4.69) is 25.6 Å². The number of hydrogen-bond donors (Lipinski definition) is 3. The number of benzene rings is 1. The highest BCUT2D eigenvalue weighted by Crippen LogP contribution is 2.31. The van der Waals surface area contributed by atoms with Crippen molar-refractivity contribution in [2.75, 3.05) is 17.7 Å². The fourth-order valence-electron chi connectivity index (χ4n) is 2.14. The Labute approximate surface area is 149 Å². The number of sulfonamides is 1. The van der Waals surface area contributed by atoms with Gasteiger partial charge >= 0.3 is 0 Å². The molecular formula is C15H16N6O2S2. The third-order valence-corrected chi connectivity index (χ3v) is 5.46. The molecule has 0 bridgehead atoms. The van der Waals surface area contributed by atoms with Crippen LogP contribution in [0, 0.1) is 6.92 Å². The van der Waals surface area contributed by atoms with Crippen LogP contribution < -0.4 is 15.8 Å². The molecule has 2 heterocycles. The number of thiazole rings is 1. The fraction of sp³-hybridized carbons (Fsp3) is 0.133. The molecule has 0 saturated carbocycles. The van der Waals surface area contributed by atoms with Gasteiger partial charge in [-0.1, -0.05) is 11.3 Å². The van der Waals surface area contributed by atoms with Crippen LogP contribution in [0.1, 0.15) is 5.69 Å². The lowest BCUT2D eigenvalue weighted by Gasteiger charge is -2.06. The number of aromatic nitrogens is 3. The Kier molecular flexibility index (Phi) is 4.66. The maximum absolute atomic E-state index is 11.3. The summed E-state index contributed by atoms with van der Waals surface area (Å²) in [7, 11) is -1.89. The van der Waals surface area contributed by atoms with Crippen molar-refractivity contribution in [1.29, 1.82) is 0 Å². The summed E-state index contributed by atoms with van der Waals surface area (Å²) in [5.74, 6) is 0.402. The molecule has 0 saturated heterocycles. The lowest BCUT2D eigenvalue weighted by Crippen LogP contribution is -2.11. The molecule has 3 aromatic rings. The summed E-state index contributed by atoms with van der Waals surface area (Å²) in [6.45, 7) is 1.92. The molecule has 0 aliphatic heterocycles. The largest absolute Gasteiger partial charge is 0.365 e. The monoisotopic (exact) mass is 376 g/mol. The van der Waals surface area contributed by atoms with Gasteiger partial charge in [0.25, 0.3) is 0 Å². The number of nitrogens with two attached hydrogens (primary N) is 1. The molecule has 8 nitrogen and oxygen atoms in total. The van der Waals surface area contributed by atoms with Crippen LogP contribution >= 0.6 is 11.3 Å². The van der Waals surface area contributed by atoms with Crippen molar-refractivity contribution < 1.29 is 8.42 Å². The van der Waals surface area contributed by atoms with Gasteiger partial charge in [0.1, 0.15) is 0 Å². The van der Waals surface area contributed by atoms with Gasteiger partial charge in [-0.3, -0.25) is 0 Å². The number of hydrogen-bond acceptors (Lipinski definition) is 8. The van der Waals surface area contributed by atoms with Crippen molar-refractivity contribution in [1.82, 2.24) is 15.0 Å². The van der Waals surface area contributed by atoms with Gasteiger partial charge in [-0.15, -0.1) is 0 Å². The summed E-state index contributed by atoms with van der Waals surface area (Å²) in [4.78, 5) is 14.1. The Balaban J connectivity index is 1.85. The molecule has 0 radical (unpaired) electrons. The number of rotatable bonds is 5. The van der Waals surface area contributed by atoms with Crippen LogP contribution in [0.4, 0.5) is 16.8 Å². The van der Waals surface area contributed by atoms with E-state index in [4.69, 9.17) is 5.14 Å². The second-order valence-electron chi connectivity index (χ2n) is 5.14. The molecule has 0 fully saturated rings. The maximum Gasteiger partial charge on any atom is 0.238 e. The third kappa shape index (κ3) is 3.92. The van der Waals surface area contributed by atoms with E-state index >= 15 is 0 Å². The summed E-state index contributed by atoms with van der Waals surface area (Å²) in [6.07, 6.45) is 1.65. The molecule has 0 unspecified atom stereocenters. The average molecular weight is 376 g/mol. The van der Waals surface area contributed by atoms with Crippen LogP contribution in [-0.4, -0.2) is 30.4 Å². The van der Waals surface area contributed by atoms with E-state index in [9.17, 15) is 8.42 Å². The number of nitrogens with zero attached hydrogens (tertiary/aromatic N) is 3. The molecule has 25 heavy (non-hydrogen) atoms. The highest BCUT2D eigenvalue weighted by molar-refractivity contribution is 7.89. The minimum Gasteiger partial charge on any atom is -0.365 e. The Morgan fingerprint density at radius 1 is 1.12 bits per heavy atom. The average Bonchev–Trinajstić information content (AvgIpc) is 2.96. The van der Waals surface area contributed by atoms with Crippen molar-refractivity contribution >= 4 is 38.1 Å². The standard InChI is InChI=1S/C15H16N6O2S2/c1-9-13(24-15(17-2)19-9)12-7-8-18-14(21-12)20-10-3-5-11(6-4-10)25(16,22)23/h3-8H,1-2H3,(H,17,19)(H2,16,22,23)(H,18,20,21). The molecule has 0 aliphatic rings. The lowest BCUT2D eigenvalue weighted by molar-refractivity contribution is 0.598. The van der Waals surface area contributed by atoms with E-state index in [-0.39, 0.29) is 4.90 Å². The first-order valence-electron chi connectivity index (χ1n) is 7.25. The topological polar surface area (TPSA) is 123 Å². The van der Waals surface area contributed by atoms with E-state index in [0.717, 1.165) is 21.4 Å². The molecule has 0 amide bonds. The Bertz CT molecular complexity index is 999. The SMILES string of the molecule is CNc1nc(C)c(-c2ccnc(Nc3ccc(S(N)(=O)=O)cc3)n2)s1. The molecule has 0 atom stereocenters. The van der Waals surface area contributed by atoms with Crippen LogP contribution in [0.15, 0.2) is 41.4 Å². The first-order chi connectivity index (χ1) is 11.9. The smallest absolute Gasteiger partial charge is 0.238 e. The molecule has 1 aromatic carbocycles. The van der Waals surface area contributed by atoms with Crippen LogP contribution in [0.3, 0.4) is 0 Å². The first kappa shape index (κ1) is 17.3. The minimum atomic E-state index is -3.71. The van der Waals surface area contributed by atoms with E-state index in [0.29, 0.717) is 11.6 Å². The zero-order valence-electron chi connectivity index (χ0n) is 13.5. The van der Waals surface area contributed by atoms with Crippen molar-refractivity contribution in [2.45, 2.75) is 11.8 Å². The van der Waals surface area contributed by atoms with Crippen molar-refractivity contribution in [3.63, 3.8) is 0 Å². The second-order valence-corrected chi connectivity index (χ2v) is 7.70. The van der Waals surface area contributed by atoms with Crippen molar-refractivity contribution in [2.24, 2.45) is 5.14 Å². The van der Waals surface area contributed by atoms with Gasteiger partial charge in [-0.25, -0.2) is 28.5 Å².